The summed E-state index contributed by atoms with van der Waals surface area (Å²) in [6.45, 7) is 0. The molecule has 3 aromatic rings. The topological polar surface area (TPSA) is 133 Å². The molecule has 0 heterocycles. The van der Waals surface area contributed by atoms with Gasteiger partial charge in [-0.25, -0.2) is 4.79 Å². The first-order chi connectivity index (χ1) is 14.3. The molecule has 0 radical (unpaired) electrons. The number of anilines is 2. The van der Waals surface area contributed by atoms with Gasteiger partial charge in [-0.2, -0.15) is 0 Å². The average molecular weight is 427 g/mol. The van der Waals surface area contributed by atoms with Gasteiger partial charge >= 0.3 is 13.6 Å². The van der Waals surface area contributed by atoms with E-state index in [0.717, 1.165) is 12.1 Å². The van der Waals surface area contributed by atoms with E-state index in [4.69, 9.17) is 0 Å². The van der Waals surface area contributed by atoms with Crippen LogP contribution in [-0.2, 0) is 4.57 Å². The van der Waals surface area contributed by atoms with E-state index in [1.54, 1.807) is 60.7 Å². The lowest BCUT2D eigenvalue weighted by atomic mass is 10.2. The van der Waals surface area contributed by atoms with Crippen molar-refractivity contribution < 1.29 is 24.1 Å². The number of nitrogens with zero attached hydrogens (tertiary/aromatic N) is 2. The Morgan fingerprint density at radius 2 is 1.37 bits per heavy atom. The highest BCUT2D eigenvalue weighted by Crippen LogP contribution is 2.50. The molecule has 0 aliphatic carbocycles. The minimum atomic E-state index is -4.84. The Kier molecular flexibility index (Phi) is 6.27. The number of amides is 2. The largest absolute Gasteiger partial charge is 0.352 e. The standard InChI is InChI=1S/C20H18N3O6P/c24-20(22(16-7-3-1-4-8-16)17-9-5-2-6-10-17)21-19(30(27,28)29)15-11-13-18(14-12-15)23(25)26/h1-14,19H,(H,21,24)(H2,27,28,29). The zero-order valence-electron chi connectivity index (χ0n) is 15.5. The zero-order valence-corrected chi connectivity index (χ0v) is 16.4. The Morgan fingerprint density at radius 3 is 1.77 bits per heavy atom. The van der Waals surface area contributed by atoms with Crippen LogP contribution in [0.1, 0.15) is 11.3 Å². The molecular weight excluding hydrogens is 409 g/mol. The number of carbonyl (C=O) groups excluding carboxylic acids is 1. The van der Waals surface area contributed by atoms with Crippen LogP contribution in [0.25, 0.3) is 0 Å². The summed E-state index contributed by atoms with van der Waals surface area (Å²) in [6.07, 6.45) is 0. The van der Waals surface area contributed by atoms with Gasteiger partial charge in [-0.15, -0.1) is 0 Å². The Bertz CT molecular complexity index is 1030. The minimum absolute atomic E-state index is 0.0448. The fraction of sp³-hybridized carbons (Fsp3) is 0.0500. The van der Waals surface area contributed by atoms with Gasteiger partial charge in [0.1, 0.15) is 0 Å². The summed E-state index contributed by atoms with van der Waals surface area (Å²) in [4.78, 5) is 44.3. The first kappa shape index (κ1) is 21.2. The van der Waals surface area contributed by atoms with Crippen molar-refractivity contribution in [3.63, 3.8) is 0 Å². The second-order valence-electron chi connectivity index (χ2n) is 6.30. The summed E-state index contributed by atoms with van der Waals surface area (Å²) in [5.74, 6) is -1.68. The Balaban J connectivity index is 1.97. The van der Waals surface area contributed by atoms with Crippen LogP contribution in [0.3, 0.4) is 0 Å². The van der Waals surface area contributed by atoms with Crippen LogP contribution in [0.15, 0.2) is 84.9 Å². The average Bonchev–Trinajstić information content (AvgIpc) is 2.73. The van der Waals surface area contributed by atoms with Gasteiger partial charge in [0.2, 0.25) is 0 Å². The maximum atomic E-state index is 13.1. The van der Waals surface area contributed by atoms with E-state index >= 15 is 0 Å². The molecular formula is C20H18N3O6P. The van der Waals surface area contributed by atoms with Crippen molar-refractivity contribution in [2.75, 3.05) is 4.90 Å². The molecule has 3 N–H and O–H groups in total. The fourth-order valence-electron chi connectivity index (χ4n) is 2.86. The van der Waals surface area contributed by atoms with E-state index in [0.29, 0.717) is 11.4 Å². The lowest BCUT2D eigenvalue weighted by Gasteiger charge is -2.27. The zero-order chi connectivity index (χ0) is 21.7. The SMILES string of the molecule is O=C(NC(c1ccc([N+](=O)[O-])cc1)P(=O)(O)O)N(c1ccccc1)c1ccccc1. The number of rotatable bonds is 6. The van der Waals surface area contributed by atoms with E-state index in [2.05, 4.69) is 5.32 Å². The number of hydrogen-bond donors (Lipinski definition) is 3. The first-order valence-electron chi connectivity index (χ1n) is 8.77. The summed E-state index contributed by atoms with van der Waals surface area (Å²) < 4.78 is 12.1. The number of benzene rings is 3. The predicted octanol–water partition coefficient (Wildman–Crippen LogP) is 4.32. The molecule has 9 nitrogen and oxygen atoms in total. The molecule has 2 amide bonds. The molecule has 0 bridgehead atoms. The molecule has 0 aromatic heterocycles. The van der Waals surface area contributed by atoms with Crippen LogP contribution in [0.2, 0.25) is 0 Å². The molecule has 0 aliphatic rings. The highest BCUT2D eigenvalue weighted by molar-refractivity contribution is 7.52. The highest BCUT2D eigenvalue weighted by Gasteiger charge is 2.34. The normalized spacial score (nSPS) is 12.1. The molecule has 154 valence electrons. The lowest BCUT2D eigenvalue weighted by molar-refractivity contribution is -0.384. The van der Waals surface area contributed by atoms with Crippen LogP contribution in [-0.4, -0.2) is 20.7 Å². The van der Waals surface area contributed by atoms with E-state index in [-0.39, 0.29) is 11.3 Å². The van der Waals surface area contributed by atoms with E-state index in [9.17, 15) is 29.3 Å². The summed E-state index contributed by atoms with van der Waals surface area (Å²) in [5.41, 5.74) is 0.803. The summed E-state index contributed by atoms with van der Waals surface area (Å²) in [6, 6.07) is 21.1. The number of nitrogens with one attached hydrogen (secondary N) is 1. The Labute approximate surface area is 171 Å². The molecule has 0 fully saturated rings. The van der Waals surface area contributed by atoms with Crippen molar-refractivity contribution in [2.24, 2.45) is 0 Å². The molecule has 0 saturated carbocycles. The Hall–Kier alpha value is -3.52. The lowest BCUT2D eigenvalue weighted by Crippen LogP contribution is -2.39. The molecule has 30 heavy (non-hydrogen) atoms. The van der Waals surface area contributed by atoms with Crippen molar-refractivity contribution >= 4 is 30.7 Å². The van der Waals surface area contributed by atoms with Crippen LogP contribution < -0.4 is 10.2 Å². The molecule has 1 atom stereocenters. The van der Waals surface area contributed by atoms with Gasteiger partial charge in [0.25, 0.3) is 5.69 Å². The van der Waals surface area contributed by atoms with Gasteiger partial charge in [0.15, 0.2) is 5.78 Å². The van der Waals surface area contributed by atoms with Crippen LogP contribution in [0, 0.1) is 10.1 Å². The first-order valence-corrected chi connectivity index (χ1v) is 10.5. The van der Waals surface area contributed by atoms with E-state index in [1.165, 1.54) is 17.0 Å². The molecule has 0 spiro atoms. The summed E-state index contributed by atoms with van der Waals surface area (Å²) in [7, 11) is -4.84. The minimum Gasteiger partial charge on any atom is -0.323 e. The maximum absolute atomic E-state index is 13.1. The monoisotopic (exact) mass is 427 g/mol. The molecule has 10 heteroatoms. The van der Waals surface area contributed by atoms with Crippen LogP contribution in [0.5, 0.6) is 0 Å². The summed E-state index contributed by atoms with van der Waals surface area (Å²) >= 11 is 0. The number of urea groups is 1. The third-order valence-electron chi connectivity index (χ3n) is 4.25. The fourth-order valence-corrected chi connectivity index (χ4v) is 3.70. The van der Waals surface area contributed by atoms with Gasteiger partial charge in [-0.1, -0.05) is 36.4 Å². The number of nitro groups is 1. The number of para-hydroxylation sites is 2. The summed E-state index contributed by atoms with van der Waals surface area (Å²) in [5, 5.41) is 13.2. The predicted molar refractivity (Wildman–Crippen MR) is 111 cm³/mol. The number of hydrogen-bond acceptors (Lipinski definition) is 4. The number of nitro benzene ring substituents is 1. The van der Waals surface area contributed by atoms with Gasteiger partial charge < -0.3 is 15.1 Å². The molecule has 3 aromatic carbocycles. The maximum Gasteiger partial charge on any atom is 0.352 e. The van der Waals surface area contributed by atoms with Gasteiger partial charge in [0, 0.05) is 12.1 Å². The van der Waals surface area contributed by atoms with Crippen molar-refractivity contribution in [3.8, 4) is 0 Å². The molecule has 1 unspecified atom stereocenters. The Morgan fingerprint density at radius 1 is 0.900 bits per heavy atom. The van der Waals surface area contributed by atoms with Crippen LogP contribution >= 0.6 is 7.60 Å². The van der Waals surface area contributed by atoms with Gasteiger partial charge in [-0.05, 0) is 42.0 Å². The third-order valence-corrected chi connectivity index (χ3v) is 5.35. The van der Waals surface area contributed by atoms with E-state index in [1.807, 2.05) is 0 Å². The van der Waals surface area contributed by atoms with E-state index < -0.39 is 24.3 Å². The second kappa shape index (κ2) is 8.87. The second-order valence-corrected chi connectivity index (χ2v) is 7.99. The molecule has 0 aliphatic heterocycles. The molecule has 3 rings (SSSR count). The number of carbonyl (C=O) groups is 1. The molecule has 0 saturated heterocycles. The van der Waals surface area contributed by atoms with Crippen molar-refractivity contribution in [2.45, 2.75) is 5.78 Å². The smallest absolute Gasteiger partial charge is 0.323 e. The highest BCUT2D eigenvalue weighted by atomic mass is 31.2. The van der Waals surface area contributed by atoms with Crippen LogP contribution in [0.4, 0.5) is 21.9 Å². The quantitative estimate of drug-likeness (QED) is 0.305. The van der Waals surface area contributed by atoms with Gasteiger partial charge in [0.05, 0.1) is 16.3 Å². The van der Waals surface area contributed by atoms with Gasteiger partial charge in [-0.3, -0.25) is 19.6 Å². The third kappa shape index (κ3) is 4.90. The van der Waals surface area contributed by atoms with Crippen molar-refractivity contribution in [1.82, 2.24) is 5.32 Å². The van der Waals surface area contributed by atoms with Crippen molar-refractivity contribution in [3.05, 3.63) is 101 Å². The number of non-ortho nitro benzene ring substituents is 1. The van der Waals surface area contributed by atoms with Crippen molar-refractivity contribution in [1.29, 1.82) is 0 Å².